The molecule has 0 radical (unpaired) electrons. The first-order valence-corrected chi connectivity index (χ1v) is 8.03. The van der Waals surface area contributed by atoms with Crippen LogP contribution in [0.5, 0.6) is 0 Å². The number of ether oxygens (including phenoxy) is 2. The number of benzene rings is 1. The van der Waals surface area contributed by atoms with Gasteiger partial charge in [0, 0.05) is 5.56 Å². The van der Waals surface area contributed by atoms with Crippen LogP contribution in [0.15, 0.2) is 30.3 Å². The highest BCUT2D eigenvalue weighted by Gasteiger charge is 2.24. The van der Waals surface area contributed by atoms with Gasteiger partial charge in [-0.05, 0) is 12.8 Å². The maximum absolute atomic E-state index is 10.9. The second kappa shape index (κ2) is 6.47. The molecule has 1 aliphatic rings. The monoisotopic (exact) mass is 286 g/mol. The Morgan fingerprint density at radius 3 is 2.74 bits per heavy atom. The molecule has 0 spiro atoms. The van der Waals surface area contributed by atoms with E-state index in [-0.39, 0.29) is 19.0 Å². The lowest BCUT2D eigenvalue weighted by molar-refractivity contribution is -0.219. The molecule has 0 aliphatic carbocycles. The van der Waals surface area contributed by atoms with E-state index in [1.54, 1.807) is 0 Å². The summed E-state index contributed by atoms with van der Waals surface area (Å²) < 4.78 is 37.8. The minimum Gasteiger partial charge on any atom is -0.348 e. The average Bonchev–Trinajstić information content (AvgIpc) is 2.39. The maximum atomic E-state index is 10.9. The summed E-state index contributed by atoms with van der Waals surface area (Å²) in [5, 5.41) is 0. The van der Waals surface area contributed by atoms with Crippen molar-refractivity contribution in [3.8, 4) is 0 Å². The summed E-state index contributed by atoms with van der Waals surface area (Å²) in [6.45, 7) is 0.744. The van der Waals surface area contributed by atoms with E-state index in [0.29, 0.717) is 13.0 Å². The highest BCUT2D eigenvalue weighted by Crippen LogP contribution is 2.27. The van der Waals surface area contributed by atoms with Crippen LogP contribution in [-0.4, -0.2) is 34.0 Å². The molecule has 0 saturated carbocycles. The molecule has 1 aromatic rings. The molecule has 0 amide bonds. The van der Waals surface area contributed by atoms with Crippen molar-refractivity contribution in [3.05, 3.63) is 35.9 Å². The van der Waals surface area contributed by atoms with Gasteiger partial charge in [0.25, 0.3) is 10.1 Å². The lowest BCUT2D eigenvalue weighted by Gasteiger charge is -2.30. The van der Waals surface area contributed by atoms with Gasteiger partial charge in [0.05, 0.1) is 25.6 Å². The van der Waals surface area contributed by atoms with Crippen molar-refractivity contribution >= 4 is 10.1 Å². The summed E-state index contributed by atoms with van der Waals surface area (Å²) in [6.07, 6.45) is 1.92. The van der Waals surface area contributed by atoms with Crippen molar-refractivity contribution in [1.82, 2.24) is 0 Å². The minimum atomic E-state index is -3.38. The van der Waals surface area contributed by atoms with Crippen LogP contribution in [0.25, 0.3) is 0 Å². The Labute approximate surface area is 113 Å². The van der Waals surface area contributed by atoms with E-state index in [1.165, 1.54) is 0 Å². The van der Waals surface area contributed by atoms with Crippen LogP contribution >= 0.6 is 0 Å². The average molecular weight is 286 g/mol. The molecule has 1 aliphatic heterocycles. The Kier molecular flexibility index (Phi) is 4.93. The van der Waals surface area contributed by atoms with Gasteiger partial charge >= 0.3 is 0 Å². The highest BCUT2D eigenvalue weighted by molar-refractivity contribution is 7.85. The summed E-state index contributed by atoms with van der Waals surface area (Å²) in [5.41, 5.74) is 0.969. The van der Waals surface area contributed by atoms with Crippen LogP contribution in [0.2, 0.25) is 0 Å². The molecule has 19 heavy (non-hydrogen) atoms. The summed E-state index contributed by atoms with van der Waals surface area (Å²) in [7, 11) is -3.38. The Morgan fingerprint density at radius 1 is 1.32 bits per heavy atom. The predicted molar refractivity (Wildman–Crippen MR) is 70.0 cm³/mol. The van der Waals surface area contributed by atoms with E-state index in [4.69, 9.17) is 13.7 Å². The Balaban J connectivity index is 1.84. The van der Waals surface area contributed by atoms with Gasteiger partial charge in [-0.25, -0.2) is 0 Å². The van der Waals surface area contributed by atoms with Crippen molar-refractivity contribution in [2.24, 2.45) is 0 Å². The summed E-state index contributed by atoms with van der Waals surface area (Å²) in [5.74, 6) is 0. The highest BCUT2D eigenvalue weighted by atomic mass is 32.2. The molecule has 0 N–H and O–H groups in total. The van der Waals surface area contributed by atoms with Gasteiger partial charge in [0.15, 0.2) is 6.29 Å². The first-order chi connectivity index (χ1) is 9.04. The molecule has 1 aromatic carbocycles. The molecule has 2 unspecified atom stereocenters. The predicted octanol–water partition coefficient (Wildman–Crippen LogP) is 1.86. The summed E-state index contributed by atoms with van der Waals surface area (Å²) >= 11 is 0. The van der Waals surface area contributed by atoms with Crippen molar-refractivity contribution in [1.29, 1.82) is 0 Å². The molecule has 106 valence electrons. The lowest BCUT2D eigenvalue weighted by Crippen LogP contribution is -2.28. The standard InChI is InChI=1S/C13H18O5S/c1-19(14,15)17-10-8-12-7-9-16-13(18-12)11-5-3-2-4-6-11/h2-6,12-13H,7-10H2,1H3. The smallest absolute Gasteiger partial charge is 0.264 e. The van der Waals surface area contributed by atoms with Crippen molar-refractivity contribution in [2.45, 2.75) is 25.2 Å². The lowest BCUT2D eigenvalue weighted by atomic mass is 10.1. The van der Waals surface area contributed by atoms with Gasteiger partial charge in [-0.3, -0.25) is 4.18 Å². The molecule has 6 heteroatoms. The van der Waals surface area contributed by atoms with Crippen LogP contribution in [0.1, 0.15) is 24.7 Å². The van der Waals surface area contributed by atoms with Crippen molar-refractivity contribution in [3.63, 3.8) is 0 Å². The second-order valence-corrected chi connectivity index (χ2v) is 6.12. The van der Waals surface area contributed by atoms with Gasteiger partial charge in [-0.15, -0.1) is 0 Å². The molecule has 0 bridgehead atoms. The van der Waals surface area contributed by atoms with Crippen LogP contribution in [0, 0.1) is 0 Å². The molecule has 2 rings (SSSR count). The van der Waals surface area contributed by atoms with E-state index in [9.17, 15) is 8.42 Å². The van der Waals surface area contributed by atoms with Crippen LogP contribution in [-0.2, 0) is 23.8 Å². The first kappa shape index (κ1) is 14.5. The van der Waals surface area contributed by atoms with Crippen LogP contribution in [0.4, 0.5) is 0 Å². The third-order valence-corrected chi connectivity index (χ3v) is 3.43. The molecule has 1 saturated heterocycles. The number of hydrogen-bond donors (Lipinski definition) is 0. The van der Waals surface area contributed by atoms with E-state index >= 15 is 0 Å². The topological polar surface area (TPSA) is 61.8 Å². The summed E-state index contributed by atoms with van der Waals surface area (Å²) in [4.78, 5) is 0. The van der Waals surface area contributed by atoms with E-state index in [0.717, 1.165) is 18.2 Å². The number of rotatable bonds is 5. The Hall–Kier alpha value is -0.950. The van der Waals surface area contributed by atoms with Gasteiger partial charge in [0.2, 0.25) is 0 Å². The Morgan fingerprint density at radius 2 is 2.05 bits per heavy atom. The zero-order chi connectivity index (χ0) is 13.7. The minimum absolute atomic E-state index is 0.0410. The summed E-state index contributed by atoms with van der Waals surface area (Å²) in [6, 6.07) is 9.68. The molecule has 5 nitrogen and oxygen atoms in total. The first-order valence-electron chi connectivity index (χ1n) is 6.21. The third-order valence-electron chi connectivity index (χ3n) is 2.83. The molecule has 2 atom stereocenters. The molecule has 1 fully saturated rings. The van der Waals surface area contributed by atoms with E-state index < -0.39 is 10.1 Å². The van der Waals surface area contributed by atoms with Gasteiger partial charge in [-0.1, -0.05) is 30.3 Å². The van der Waals surface area contributed by atoms with Gasteiger partial charge in [-0.2, -0.15) is 8.42 Å². The zero-order valence-corrected chi connectivity index (χ0v) is 11.6. The second-order valence-electron chi connectivity index (χ2n) is 4.47. The third kappa shape index (κ3) is 4.91. The van der Waals surface area contributed by atoms with Crippen molar-refractivity contribution < 1.29 is 22.1 Å². The van der Waals surface area contributed by atoms with E-state index in [1.807, 2.05) is 30.3 Å². The normalized spacial score (nSPS) is 24.3. The van der Waals surface area contributed by atoms with Crippen LogP contribution in [0.3, 0.4) is 0 Å². The molecular weight excluding hydrogens is 268 g/mol. The SMILES string of the molecule is CS(=O)(=O)OCCC1CCOC(c2ccccc2)O1. The maximum Gasteiger partial charge on any atom is 0.264 e. The van der Waals surface area contributed by atoms with E-state index in [2.05, 4.69) is 0 Å². The van der Waals surface area contributed by atoms with Crippen molar-refractivity contribution in [2.75, 3.05) is 19.5 Å². The fourth-order valence-corrected chi connectivity index (χ4v) is 2.32. The number of hydrogen-bond acceptors (Lipinski definition) is 5. The molecular formula is C13H18O5S. The quantitative estimate of drug-likeness (QED) is 0.773. The van der Waals surface area contributed by atoms with Gasteiger partial charge in [0.1, 0.15) is 0 Å². The fourth-order valence-electron chi connectivity index (χ4n) is 1.92. The fraction of sp³-hybridized carbons (Fsp3) is 0.538. The van der Waals surface area contributed by atoms with Crippen LogP contribution < -0.4 is 0 Å². The van der Waals surface area contributed by atoms with Gasteiger partial charge < -0.3 is 9.47 Å². The molecule has 1 heterocycles. The Bertz CT molecular complexity index is 485. The molecule has 0 aromatic heterocycles. The largest absolute Gasteiger partial charge is 0.348 e. The zero-order valence-electron chi connectivity index (χ0n) is 10.8.